The van der Waals surface area contributed by atoms with Crippen LogP contribution in [0.2, 0.25) is 0 Å². The van der Waals surface area contributed by atoms with Gasteiger partial charge in [-0.25, -0.2) is 0 Å². The molecule has 0 aliphatic carbocycles. The van der Waals surface area contributed by atoms with Crippen molar-refractivity contribution in [3.8, 4) is 16.9 Å². The molecule has 6 nitrogen and oxygen atoms in total. The van der Waals surface area contributed by atoms with Gasteiger partial charge in [-0.3, -0.25) is 14.8 Å². The predicted octanol–water partition coefficient (Wildman–Crippen LogP) is 4.47. The lowest BCUT2D eigenvalue weighted by atomic mass is 9.93. The fourth-order valence-electron chi connectivity index (χ4n) is 3.98. The monoisotopic (exact) mass is 372 g/mol. The zero-order valence-electron chi connectivity index (χ0n) is 15.6. The number of fused-ring (bicyclic) bond motifs is 3. The van der Waals surface area contributed by atoms with Crippen LogP contribution in [-0.4, -0.2) is 22.4 Å². The summed E-state index contributed by atoms with van der Waals surface area (Å²) in [5.74, 6) is 0.967. The molecule has 0 saturated carbocycles. The Balaban J connectivity index is 1.55. The topological polar surface area (TPSA) is 67.3 Å². The summed E-state index contributed by atoms with van der Waals surface area (Å²) in [7, 11) is 0. The summed E-state index contributed by atoms with van der Waals surface area (Å²) in [6.07, 6.45) is 8.59. The van der Waals surface area contributed by atoms with Gasteiger partial charge < -0.3 is 15.0 Å². The average Bonchev–Trinajstić information content (AvgIpc) is 3.14. The van der Waals surface area contributed by atoms with Crippen molar-refractivity contribution in [2.75, 3.05) is 16.8 Å². The first-order valence-electron chi connectivity index (χ1n) is 9.47. The number of hydrogen-bond donors (Lipinski definition) is 1. The molecule has 1 N–H and O–H groups in total. The second-order valence-electron chi connectivity index (χ2n) is 7.10. The molecule has 0 spiro atoms. The zero-order chi connectivity index (χ0) is 19.1. The van der Waals surface area contributed by atoms with Gasteiger partial charge in [-0.1, -0.05) is 0 Å². The van der Waals surface area contributed by atoms with E-state index in [1.807, 2.05) is 54.5 Å². The summed E-state index contributed by atoms with van der Waals surface area (Å²) >= 11 is 0. The molecule has 0 radical (unpaired) electrons. The van der Waals surface area contributed by atoms with E-state index in [-0.39, 0.29) is 12.0 Å². The molecule has 4 heterocycles. The van der Waals surface area contributed by atoms with Crippen LogP contribution in [0.3, 0.4) is 0 Å². The molecule has 28 heavy (non-hydrogen) atoms. The molecular weight excluding hydrogens is 352 g/mol. The maximum absolute atomic E-state index is 12.1. The Morgan fingerprint density at radius 2 is 1.96 bits per heavy atom. The molecule has 1 fully saturated rings. The molecule has 1 aromatic carbocycles. The molecule has 1 atom stereocenters. The Bertz CT molecular complexity index is 1050. The Labute approximate surface area is 163 Å². The lowest BCUT2D eigenvalue weighted by Gasteiger charge is -2.29. The van der Waals surface area contributed by atoms with Gasteiger partial charge in [0.2, 0.25) is 5.91 Å². The first-order chi connectivity index (χ1) is 13.7. The van der Waals surface area contributed by atoms with Gasteiger partial charge in [0, 0.05) is 65.7 Å². The zero-order valence-corrected chi connectivity index (χ0v) is 15.6. The molecule has 1 amide bonds. The van der Waals surface area contributed by atoms with E-state index >= 15 is 0 Å². The number of nitrogens with one attached hydrogen (secondary N) is 1. The van der Waals surface area contributed by atoms with Crippen LogP contribution < -0.4 is 15.0 Å². The van der Waals surface area contributed by atoms with Crippen molar-refractivity contribution in [3.05, 3.63) is 60.7 Å². The van der Waals surface area contributed by atoms with E-state index in [4.69, 9.17) is 4.74 Å². The number of carbonyl (C=O) groups is 1. The van der Waals surface area contributed by atoms with Crippen molar-refractivity contribution in [2.24, 2.45) is 0 Å². The Morgan fingerprint density at radius 1 is 1.11 bits per heavy atom. The highest BCUT2D eigenvalue weighted by atomic mass is 16.5. The highest BCUT2D eigenvalue weighted by Gasteiger charge is 2.28. The van der Waals surface area contributed by atoms with Crippen LogP contribution >= 0.6 is 0 Å². The summed E-state index contributed by atoms with van der Waals surface area (Å²) < 4.78 is 6.25. The number of carbonyl (C=O) groups excluding carboxylic acids is 1. The minimum absolute atomic E-state index is 0.139. The number of anilines is 3. The Kier molecular flexibility index (Phi) is 3.97. The number of aromatic nitrogens is 2. The Morgan fingerprint density at radius 3 is 2.75 bits per heavy atom. The van der Waals surface area contributed by atoms with Crippen LogP contribution in [0, 0.1) is 0 Å². The normalized spacial score (nSPS) is 17.7. The van der Waals surface area contributed by atoms with Crippen LogP contribution in [-0.2, 0) is 4.79 Å². The number of hydrogen-bond acceptors (Lipinski definition) is 5. The van der Waals surface area contributed by atoms with Crippen molar-refractivity contribution in [3.63, 3.8) is 0 Å². The summed E-state index contributed by atoms with van der Waals surface area (Å²) in [4.78, 5) is 22.4. The fourth-order valence-corrected chi connectivity index (χ4v) is 3.98. The maximum Gasteiger partial charge on any atom is 0.227 e. The standard InChI is InChI=1S/C22H20N4O2/c1-14-22-18(12-24-13-19(22)25-15-6-8-23-9-7-15)17-5-4-16(11-20(17)28-14)26-10-2-3-21(26)27/h4-9,11-14H,2-3,10H2,1H3,(H,23,25). The number of amides is 1. The van der Waals surface area contributed by atoms with Gasteiger partial charge in [0.15, 0.2) is 0 Å². The van der Waals surface area contributed by atoms with Crippen molar-refractivity contribution >= 4 is 23.0 Å². The highest BCUT2D eigenvalue weighted by molar-refractivity contribution is 5.96. The second-order valence-corrected chi connectivity index (χ2v) is 7.10. The summed E-state index contributed by atoms with van der Waals surface area (Å²) in [6.45, 7) is 2.80. The SMILES string of the molecule is CC1Oc2cc(N3CCCC3=O)ccc2-c2cncc(Nc3ccncc3)c21. The van der Waals surface area contributed by atoms with E-state index in [0.29, 0.717) is 6.42 Å². The maximum atomic E-state index is 12.1. The molecular formula is C22H20N4O2. The van der Waals surface area contributed by atoms with Crippen LogP contribution in [0.5, 0.6) is 5.75 Å². The van der Waals surface area contributed by atoms with Gasteiger partial charge in [-0.2, -0.15) is 0 Å². The molecule has 2 aromatic heterocycles. The van der Waals surface area contributed by atoms with E-state index in [2.05, 4.69) is 15.3 Å². The van der Waals surface area contributed by atoms with Crippen molar-refractivity contribution in [1.29, 1.82) is 0 Å². The minimum atomic E-state index is -0.139. The number of nitrogens with zero attached hydrogens (tertiary/aromatic N) is 3. The Hall–Kier alpha value is -3.41. The van der Waals surface area contributed by atoms with Crippen LogP contribution in [0.15, 0.2) is 55.1 Å². The summed E-state index contributed by atoms with van der Waals surface area (Å²) in [5.41, 5.74) is 5.88. The van der Waals surface area contributed by atoms with Crippen LogP contribution in [0.25, 0.3) is 11.1 Å². The average molecular weight is 372 g/mol. The van der Waals surface area contributed by atoms with Crippen LogP contribution in [0.4, 0.5) is 17.1 Å². The molecule has 1 saturated heterocycles. The van der Waals surface area contributed by atoms with Gasteiger partial charge in [-0.05, 0) is 37.6 Å². The molecule has 2 aliphatic heterocycles. The van der Waals surface area contributed by atoms with E-state index in [0.717, 1.165) is 52.5 Å². The molecule has 6 heteroatoms. The number of rotatable bonds is 3. The lowest BCUT2D eigenvalue weighted by Crippen LogP contribution is -2.24. The number of ether oxygens (including phenoxy) is 1. The van der Waals surface area contributed by atoms with Crippen molar-refractivity contribution in [2.45, 2.75) is 25.9 Å². The van der Waals surface area contributed by atoms with E-state index in [1.165, 1.54) is 0 Å². The van der Waals surface area contributed by atoms with Gasteiger partial charge in [-0.15, -0.1) is 0 Å². The molecule has 0 bridgehead atoms. The van der Waals surface area contributed by atoms with Gasteiger partial charge >= 0.3 is 0 Å². The van der Waals surface area contributed by atoms with Crippen molar-refractivity contribution < 1.29 is 9.53 Å². The predicted molar refractivity (Wildman–Crippen MR) is 108 cm³/mol. The number of benzene rings is 1. The smallest absolute Gasteiger partial charge is 0.227 e. The second kappa shape index (κ2) is 6.64. The molecule has 1 unspecified atom stereocenters. The van der Waals surface area contributed by atoms with E-state index in [9.17, 15) is 4.79 Å². The first kappa shape index (κ1) is 16.7. The largest absolute Gasteiger partial charge is 0.485 e. The lowest BCUT2D eigenvalue weighted by molar-refractivity contribution is -0.117. The third-order valence-corrected chi connectivity index (χ3v) is 5.30. The highest BCUT2D eigenvalue weighted by Crippen LogP contribution is 2.46. The van der Waals surface area contributed by atoms with Gasteiger partial charge in [0.05, 0.1) is 11.9 Å². The first-order valence-corrected chi connectivity index (χ1v) is 9.47. The van der Waals surface area contributed by atoms with Gasteiger partial charge in [0.1, 0.15) is 11.9 Å². The molecule has 3 aromatic rings. The van der Waals surface area contributed by atoms with Crippen LogP contribution in [0.1, 0.15) is 31.4 Å². The van der Waals surface area contributed by atoms with Crippen molar-refractivity contribution in [1.82, 2.24) is 9.97 Å². The number of pyridine rings is 2. The third kappa shape index (κ3) is 2.78. The fraction of sp³-hybridized carbons (Fsp3) is 0.227. The molecule has 2 aliphatic rings. The van der Waals surface area contributed by atoms with E-state index < -0.39 is 0 Å². The summed E-state index contributed by atoms with van der Waals surface area (Å²) in [5, 5.41) is 3.42. The summed E-state index contributed by atoms with van der Waals surface area (Å²) in [6, 6.07) is 9.83. The third-order valence-electron chi connectivity index (χ3n) is 5.30. The van der Waals surface area contributed by atoms with E-state index in [1.54, 1.807) is 12.4 Å². The van der Waals surface area contributed by atoms with Gasteiger partial charge in [0.25, 0.3) is 0 Å². The quantitative estimate of drug-likeness (QED) is 0.735. The minimum Gasteiger partial charge on any atom is -0.485 e. The molecule has 140 valence electrons. The molecule has 5 rings (SSSR count).